The molecule has 1 amide bonds. The molecule has 0 radical (unpaired) electrons. The van der Waals surface area contributed by atoms with E-state index in [4.69, 9.17) is 16.3 Å². The first-order chi connectivity index (χ1) is 9.79. The van der Waals surface area contributed by atoms with Gasteiger partial charge in [0, 0.05) is 11.4 Å². The van der Waals surface area contributed by atoms with E-state index in [1.807, 2.05) is 48.5 Å². The van der Waals surface area contributed by atoms with Gasteiger partial charge in [-0.15, -0.1) is 11.6 Å². The van der Waals surface area contributed by atoms with Crippen LogP contribution in [-0.2, 0) is 5.88 Å². The van der Waals surface area contributed by atoms with Crippen LogP contribution in [0.4, 0.5) is 5.69 Å². The molecule has 0 saturated carbocycles. The zero-order valence-corrected chi connectivity index (χ0v) is 11.6. The van der Waals surface area contributed by atoms with Gasteiger partial charge in [0.2, 0.25) is 0 Å². The maximum atomic E-state index is 12.7. The van der Waals surface area contributed by atoms with E-state index < -0.39 is 0 Å². The van der Waals surface area contributed by atoms with Crippen molar-refractivity contribution in [3.8, 4) is 5.75 Å². The number of ether oxygens (including phenoxy) is 1. The largest absolute Gasteiger partial charge is 0.490 e. The quantitative estimate of drug-likeness (QED) is 0.792. The number of rotatable bonds is 2. The number of alkyl halides is 1. The molecule has 1 aliphatic heterocycles. The number of amides is 1. The van der Waals surface area contributed by atoms with Crippen LogP contribution in [-0.4, -0.2) is 19.1 Å². The molecule has 2 aromatic rings. The van der Waals surface area contributed by atoms with Crippen molar-refractivity contribution >= 4 is 23.2 Å². The molecule has 3 rings (SSSR count). The minimum absolute atomic E-state index is 0.0206. The second kappa shape index (κ2) is 5.55. The fraction of sp³-hybridized carbons (Fsp3) is 0.188. The van der Waals surface area contributed by atoms with Crippen molar-refractivity contribution < 1.29 is 9.53 Å². The van der Waals surface area contributed by atoms with Gasteiger partial charge in [-0.2, -0.15) is 0 Å². The van der Waals surface area contributed by atoms with Crippen LogP contribution in [0.2, 0.25) is 0 Å². The number of carbonyl (C=O) groups is 1. The maximum Gasteiger partial charge on any atom is 0.258 e. The molecule has 20 heavy (non-hydrogen) atoms. The first-order valence-corrected chi connectivity index (χ1v) is 7.01. The molecule has 0 aliphatic carbocycles. The molecule has 0 aromatic heterocycles. The van der Waals surface area contributed by atoms with Crippen molar-refractivity contribution in [2.45, 2.75) is 5.88 Å². The number of carbonyl (C=O) groups excluding carboxylic acids is 1. The molecule has 0 fully saturated rings. The summed E-state index contributed by atoms with van der Waals surface area (Å²) in [5, 5.41) is 0. The Morgan fingerprint density at radius 1 is 1.20 bits per heavy atom. The molecule has 3 nitrogen and oxygen atoms in total. The van der Waals surface area contributed by atoms with Crippen molar-refractivity contribution in [1.82, 2.24) is 0 Å². The van der Waals surface area contributed by atoms with Crippen molar-refractivity contribution in [1.29, 1.82) is 0 Å². The summed E-state index contributed by atoms with van der Waals surface area (Å²) < 4.78 is 5.57. The van der Waals surface area contributed by atoms with Gasteiger partial charge in [0.25, 0.3) is 5.91 Å². The summed E-state index contributed by atoms with van der Waals surface area (Å²) in [6, 6.07) is 15.0. The smallest absolute Gasteiger partial charge is 0.258 e. The minimum atomic E-state index is -0.0206. The Morgan fingerprint density at radius 3 is 2.90 bits per heavy atom. The summed E-state index contributed by atoms with van der Waals surface area (Å²) in [6.07, 6.45) is 0. The Balaban J connectivity index is 1.95. The van der Waals surface area contributed by atoms with Crippen LogP contribution in [0.3, 0.4) is 0 Å². The number of para-hydroxylation sites is 2. The summed E-state index contributed by atoms with van der Waals surface area (Å²) in [4.78, 5) is 14.4. The topological polar surface area (TPSA) is 29.5 Å². The SMILES string of the molecule is O=C(c1cccc(CCl)c1)N1CCOc2ccccc21. The average Bonchev–Trinajstić information content (AvgIpc) is 2.53. The molecule has 4 heteroatoms. The highest BCUT2D eigenvalue weighted by Gasteiger charge is 2.24. The lowest BCUT2D eigenvalue weighted by Gasteiger charge is -2.29. The molecule has 0 saturated heterocycles. The highest BCUT2D eigenvalue weighted by molar-refractivity contribution is 6.17. The highest BCUT2D eigenvalue weighted by atomic mass is 35.5. The summed E-state index contributed by atoms with van der Waals surface area (Å²) >= 11 is 5.83. The minimum Gasteiger partial charge on any atom is -0.490 e. The third kappa shape index (κ3) is 2.37. The molecule has 0 unspecified atom stereocenters. The van der Waals surface area contributed by atoms with Crippen LogP contribution in [0, 0.1) is 0 Å². The number of hydrogen-bond acceptors (Lipinski definition) is 2. The summed E-state index contributed by atoms with van der Waals surface area (Å²) in [6.45, 7) is 1.07. The van der Waals surface area contributed by atoms with Crippen molar-refractivity contribution in [2.75, 3.05) is 18.1 Å². The standard InChI is InChI=1S/C16H14ClNO2/c17-11-12-4-3-5-13(10-12)16(19)18-8-9-20-15-7-2-1-6-14(15)18/h1-7,10H,8-9,11H2. The normalized spacial score (nSPS) is 13.6. The summed E-state index contributed by atoms with van der Waals surface area (Å²) in [7, 11) is 0. The molecular weight excluding hydrogens is 274 g/mol. The van der Waals surface area contributed by atoms with Gasteiger partial charge in [-0.3, -0.25) is 4.79 Å². The molecule has 0 N–H and O–H groups in total. The van der Waals surface area contributed by atoms with Crippen molar-refractivity contribution in [3.63, 3.8) is 0 Å². The Morgan fingerprint density at radius 2 is 2.05 bits per heavy atom. The second-order valence-electron chi connectivity index (χ2n) is 4.61. The van der Waals surface area contributed by atoms with Crippen LogP contribution in [0.5, 0.6) is 5.75 Å². The van der Waals surface area contributed by atoms with Gasteiger partial charge in [-0.1, -0.05) is 24.3 Å². The predicted octanol–water partition coefficient (Wildman–Crippen LogP) is 3.46. The van der Waals surface area contributed by atoms with Gasteiger partial charge in [0.05, 0.1) is 12.2 Å². The van der Waals surface area contributed by atoms with E-state index in [-0.39, 0.29) is 5.91 Å². The van der Waals surface area contributed by atoms with Gasteiger partial charge in [0.15, 0.2) is 0 Å². The first kappa shape index (κ1) is 13.0. The zero-order chi connectivity index (χ0) is 13.9. The molecule has 0 bridgehead atoms. The number of fused-ring (bicyclic) bond motifs is 1. The zero-order valence-electron chi connectivity index (χ0n) is 10.9. The lowest BCUT2D eigenvalue weighted by molar-refractivity contribution is 0.0976. The molecule has 0 spiro atoms. The van der Waals surface area contributed by atoms with Crippen molar-refractivity contribution in [2.24, 2.45) is 0 Å². The fourth-order valence-electron chi connectivity index (χ4n) is 2.32. The Labute approximate surface area is 122 Å². The number of anilines is 1. The molecular formula is C16H14ClNO2. The summed E-state index contributed by atoms with van der Waals surface area (Å²) in [5.41, 5.74) is 2.42. The van der Waals surface area contributed by atoms with Gasteiger partial charge >= 0.3 is 0 Å². The first-order valence-electron chi connectivity index (χ1n) is 6.48. The molecule has 1 heterocycles. The van der Waals surface area contributed by atoms with E-state index in [0.29, 0.717) is 24.6 Å². The Hall–Kier alpha value is -2.00. The Kier molecular flexibility index (Phi) is 3.61. The highest BCUT2D eigenvalue weighted by Crippen LogP contribution is 2.32. The van der Waals surface area contributed by atoms with E-state index in [2.05, 4.69) is 0 Å². The number of nitrogens with zero attached hydrogens (tertiary/aromatic N) is 1. The van der Waals surface area contributed by atoms with Crippen LogP contribution in [0.15, 0.2) is 48.5 Å². The van der Waals surface area contributed by atoms with Gasteiger partial charge in [-0.05, 0) is 29.8 Å². The number of benzene rings is 2. The summed E-state index contributed by atoms with van der Waals surface area (Å²) in [5.74, 6) is 1.13. The molecule has 2 aromatic carbocycles. The van der Waals surface area contributed by atoms with Gasteiger partial charge in [-0.25, -0.2) is 0 Å². The second-order valence-corrected chi connectivity index (χ2v) is 4.87. The van der Waals surface area contributed by atoms with E-state index >= 15 is 0 Å². The van der Waals surface area contributed by atoms with Crippen LogP contribution >= 0.6 is 11.6 Å². The van der Waals surface area contributed by atoms with Crippen LogP contribution in [0.25, 0.3) is 0 Å². The molecule has 1 aliphatic rings. The number of hydrogen-bond donors (Lipinski definition) is 0. The van der Waals surface area contributed by atoms with Crippen LogP contribution in [0.1, 0.15) is 15.9 Å². The monoisotopic (exact) mass is 287 g/mol. The van der Waals surface area contributed by atoms with Crippen LogP contribution < -0.4 is 9.64 Å². The average molecular weight is 288 g/mol. The van der Waals surface area contributed by atoms with E-state index in [1.165, 1.54) is 0 Å². The fourth-order valence-corrected chi connectivity index (χ4v) is 2.49. The predicted molar refractivity (Wildman–Crippen MR) is 79.6 cm³/mol. The van der Waals surface area contributed by atoms with Crippen molar-refractivity contribution in [3.05, 3.63) is 59.7 Å². The van der Waals surface area contributed by atoms with Gasteiger partial charge in [0.1, 0.15) is 12.4 Å². The lowest BCUT2D eigenvalue weighted by Crippen LogP contribution is -2.37. The third-order valence-corrected chi connectivity index (χ3v) is 3.61. The van der Waals surface area contributed by atoms with Gasteiger partial charge < -0.3 is 9.64 Å². The number of halogens is 1. The molecule has 0 atom stereocenters. The van der Waals surface area contributed by atoms with E-state index in [9.17, 15) is 4.79 Å². The molecule has 102 valence electrons. The van der Waals surface area contributed by atoms with E-state index in [0.717, 1.165) is 17.0 Å². The lowest BCUT2D eigenvalue weighted by atomic mass is 10.1. The Bertz CT molecular complexity index is 642. The third-order valence-electron chi connectivity index (χ3n) is 3.30. The maximum absolute atomic E-state index is 12.7. The van der Waals surface area contributed by atoms with E-state index in [1.54, 1.807) is 4.90 Å².